The average Bonchev–Trinajstić information content (AvgIpc) is 3.22. The van der Waals surface area contributed by atoms with Crippen LogP contribution in [0.5, 0.6) is 0 Å². The molecule has 0 saturated heterocycles. The number of hydrogen-bond acceptors (Lipinski definition) is 1. The fourth-order valence-corrected chi connectivity index (χ4v) is 3.66. The van der Waals surface area contributed by atoms with Crippen molar-refractivity contribution >= 4 is 0 Å². The molecule has 137 valence electrons. The zero-order valence-electron chi connectivity index (χ0n) is 15.9. The molecule has 4 aromatic carbocycles. The Bertz CT molecular complexity index is 1110. The summed E-state index contributed by atoms with van der Waals surface area (Å²) in [6, 6.07) is 42.4. The topological polar surface area (TPSA) is 17.8 Å². The van der Waals surface area contributed by atoms with Gasteiger partial charge in [-0.1, -0.05) is 103 Å². The van der Waals surface area contributed by atoms with Crippen LogP contribution in [0, 0.1) is 6.07 Å². The number of hydrogen-bond donors (Lipinski definition) is 0. The second-order valence-corrected chi connectivity index (χ2v) is 6.84. The van der Waals surface area contributed by atoms with Crippen molar-refractivity contribution in [1.29, 1.82) is 0 Å². The SMILES string of the molecule is [c]1ccc(-n2nc(-c3ccccc3)c(-c3ccccc3)c2-c2ccccc2)cc1. The van der Waals surface area contributed by atoms with E-state index in [9.17, 15) is 0 Å². The monoisotopic (exact) mass is 371 g/mol. The highest BCUT2D eigenvalue weighted by Gasteiger charge is 2.22. The van der Waals surface area contributed by atoms with E-state index in [-0.39, 0.29) is 0 Å². The molecule has 0 saturated carbocycles. The van der Waals surface area contributed by atoms with E-state index in [0.717, 1.165) is 39.3 Å². The van der Waals surface area contributed by atoms with Gasteiger partial charge in [0.1, 0.15) is 5.69 Å². The lowest BCUT2D eigenvalue weighted by molar-refractivity contribution is 0.892. The van der Waals surface area contributed by atoms with E-state index in [1.54, 1.807) is 0 Å². The molecule has 0 aliphatic carbocycles. The van der Waals surface area contributed by atoms with Gasteiger partial charge in [0.15, 0.2) is 0 Å². The zero-order chi connectivity index (χ0) is 19.5. The average molecular weight is 371 g/mol. The minimum absolute atomic E-state index is 0.975. The quantitative estimate of drug-likeness (QED) is 0.345. The van der Waals surface area contributed by atoms with Gasteiger partial charge < -0.3 is 0 Å². The van der Waals surface area contributed by atoms with Crippen LogP contribution in [0.15, 0.2) is 115 Å². The molecule has 29 heavy (non-hydrogen) atoms. The van der Waals surface area contributed by atoms with E-state index in [4.69, 9.17) is 5.10 Å². The third kappa shape index (κ3) is 3.26. The summed E-state index contributed by atoms with van der Waals surface area (Å²) in [5.41, 5.74) is 7.60. The van der Waals surface area contributed by atoms with Crippen LogP contribution in [0.4, 0.5) is 0 Å². The molecule has 0 spiro atoms. The Morgan fingerprint density at radius 2 is 1.07 bits per heavy atom. The molecule has 5 rings (SSSR count). The second-order valence-electron chi connectivity index (χ2n) is 6.84. The molecule has 1 radical (unpaired) electrons. The highest BCUT2D eigenvalue weighted by Crippen LogP contribution is 2.41. The fourth-order valence-electron chi connectivity index (χ4n) is 3.66. The maximum Gasteiger partial charge on any atom is 0.101 e. The van der Waals surface area contributed by atoms with E-state index >= 15 is 0 Å². The van der Waals surface area contributed by atoms with Crippen molar-refractivity contribution in [2.75, 3.05) is 0 Å². The van der Waals surface area contributed by atoms with Gasteiger partial charge in [-0.25, -0.2) is 4.68 Å². The van der Waals surface area contributed by atoms with Gasteiger partial charge in [0.25, 0.3) is 0 Å². The van der Waals surface area contributed by atoms with E-state index in [2.05, 4.69) is 78.9 Å². The Kier molecular flexibility index (Phi) is 4.51. The zero-order valence-corrected chi connectivity index (χ0v) is 15.9. The molecule has 2 nitrogen and oxygen atoms in total. The summed E-state index contributed by atoms with van der Waals surface area (Å²) in [5.74, 6) is 0. The van der Waals surface area contributed by atoms with Crippen molar-refractivity contribution in [3.63, 3.8) is 0 Å². The largest absolute Gasteiger partial charge is 0.232 e. The Morgan fingerprint density at radius 3 is 1.66 bits per heavy atom. The first kappa shape index (κ1) is 17.2. The van der Waals surface area contributed by atoms with Crippen LogP contribution in [-0.4, -0.2) is 9.78 Å². The molecular formula is C27H19N2. The molecule has 0 unspecified atom stereocenters. The molecule has 0 amide bonds. The van der Waals surface area contributed by atoms with E-state index in [1.807, 2.05) is 47.1 Å². The number of rotatable bonds is 4. The lowest BCUT2D eigenvalue weighted by Crippen LogP contribution is -1.99. The highest BCUT2D eigenvalue weighted by molar-refractivity contribution is 5.92. The number of benzene rings is 4. The molecule has 0 aliphatic heterocycles. The van der Waals surface area contributed by atoms with Crippen molar-refractivity contribution in [2.45, 2.75) is 0 Å². The Balaban J connectivity index is 1.89. The Morgan fingerprint density at radius 1 is 0.552 bits per heavy atom. The maximum absolute atomic E-state index is 5.11. The first-order valence-electron chi connectivity index (χ1n) is 9.67. The van der Waals surface area contributed by atoms with Crippen LogP contribution in [-0.2, 0) is 0 Å². The van der Waals surface area contributed by atoms with Crippen LogP contribution in [0.3, 0.4) is 0 Å². The Hall–Kier alpha value is -3.91. The van der Waals surface area contributed by atoms with E-state index in [0.29, 0.717) is 0 Å². The van der Waals surface area contributed by atoms with Gasteiger partial charge >= 0.3 is 0 Å². The second kappa shape index (κ2) is 7.61. The van der Waals surface area contributed by atoms with Crippen LogP contribution in [0.25, 0.3) is 39.3 Å². The standard InChI is InChI=1S/C27H19N2/c1-5-13-21(14-6-1)25-26(22-15-7-2-8-16-22)28-29(24-19-11-4-12-20-24)27(25)23-17-9-3-10-18-23/h1-3,5-20H. The molecular weight excluding hydrogens is 352 g/mol. The summed E-state index contributed by atoms with van der Waals surface area (Å²) in [6.07, 6.45) is 0. The first-order chi connectivity index (χ1) is 14.4. The van der Waals surface area contributed by atoms with Gasteiger partial charge in [-0.3, -0.25) is 0 Å². The lowest BCUT2D eigenvalue weighted by atomic mass is 9.96. The summed E-state index contributed by atoms with van der Waals surface area (Å²) in [5, 5.41) is 5.11. The molecule has 5 aromatic rings. The minimum Gasteiger partial charge on any atom is -0.232 e. The normalized spacial score (nSPS) is 10.8. The smallest absolute Gasteiger partial charge is 0.101 e. The Labute approximate surface area is 170 Å². The number of aromatic nitrogens is 2. The predicted octanol–water partition coefficient (Wildman–Crippen LogP) is 6.67. The third-order valence-corrected chi connectivity index (χ3v) is 4.99. The molecule has 2 heteroatoms. The number of nitrogens with zero attached hydrogens (tertiary/aromatic N) is 2. The molecule has 0 aliphatic rings. The van der Waals surface area contributed by atoms with Crippen LogP contribution >= 0.6 is 0 Å². The van der Waals surface area contributed by atoms with Gasteiger partial charge in [-0.05, 0) is 23.8 Å². The summed E-state index contributed by atoms with van der Waals surface area (Å²) in [4.78, 5) is 0. The van der Waals surface area contributed by atoms with Gasteiger partial charge in [-0.2, -0.15) is 5.10 Å². The van der Waals surface area contributed by atoms with Crippen LogP contribution in [0.1, 0.15) is 0 Å². The van der Waals surface area contributed by atoms with Crippen LogP contribution in [0.2, 0.25) is 0 Å². The van der Waals surface area contributed by atoms with Gasteiger partial charge in [-0.15, -0.1) is 0 Å². The van der Waals surface area contributed by atoms with Gasteiger partial charge in [0, 0.05) is 16.7 Å². The third-order valence-electron chi connectivity index (χ3n) is 4.99. The van der Waals surface area contributed by atoms with Crippen molar-refractivity contribution in [3.8, 4) is 39.3 Å². The first-order valence-corrected chi connectivity index (χ1v) is 9.67. The minimum atomic E-state index is 0.975. The van der Waals surface area contributed by atoms with E-state index < -0.39 is 0 Å². The van der Waals surface area contributed by atoms with Gasteiger partial charge in [0.05, 0.1) is 11.4 Å². The molecule has 0 N–H and O–H groups in total. The van der Waals surface area contributed by atoms with Gasteiger partial charge in [0.2, 0.25) is 0 Å². The summed E-state index contributed by atoms with van der Waals surface area (Å²) in [7, 11) is 0. The van der Waals surface area contributed by atoms with Crippen molar-refractivity contribution in [1.82, 2.24) is 9.78 Å². The molecule has 0 bridgehead atoms. The molecule has 0 atom stereocenters. The molecule has 1 aromatic heterocycles. The molecule has 1 heterocycles. The fraction of sp³-hybridized carbons (Fsp3) is 0. The van der Waals surface area contributed by atoms with Crippen LogP contribution < -0.4 is 0 Å². The van der Waals surface area contributed by atoms with Crippen molar-refractivity contribution < 1.29 is 0 Å². The van der Waals surface area contributed by atoms with Crippen molar-refractivity contribution in [3.05, 3.63) is 121 Å². The lowest BCUT2D eigenvalue weighted by Gasteiger charge is -2.10. The summed E-state index contributed by atoms with van der Waals surface area (Å²) in [6.45, 7) is 0. The summed E-state index contributed by atoms with van der Waals surface area (Å²) < 4.78 is 2.05. The molecule has 0 fully saturated rings. The predicted molar refractivity (Wildman–Crippen MR) is 119 cm³/mol. The van der Waals surface area contributed by atoms with E-state index in [1.165, 1.54) is 0 Å². The highest BCUT2D eigenvalue weighted by atomic mass is 15.3. The summed E-state index contributed by atoms with van der Waals surface area (Å²) >= 11 is 0. The maximum atomic E-state index is 5.11. The van der Waals surface area contributed by atoms with Crippen molar-refractivity contribution in [2.24, 2.45) is 0 Å².